The number of hydrogen-bond acceptors (Lipinski definition) is 3. The molecule has 0 bridgehead atoms. The molecule has 0 saturated heterocycles. The second kappa shape index (κ2) is 6.99. The fourth-order valence-corrected chi connectivity index (χ4v) is 3.40. The Morgan fingerprint density at radius 2 is 2.00 bits per heavy atom. The topological polar surface area (TPSA) is 24.4 Å². The van der Waals surface area contributed by atoms with Gasteiger partial charge in [-0.05, 0) is 31.2 Å². The van der Waals surface area contributed by atoms with Crippen molar-refractivity contribution < 1.29 is 0 Å². The Bertz CT molecular complexity index is 414. The summed E-state index contributed by atoms with van der Waals surface area (Å²) in [4.78, 5) is 4.75. The second-order valence-electron chi connectivity index (χ2n) is 5.63. The van der Waals surface area contributed by atoms with Crippen LogP contribution in [0, 0.1) is 5.92 Å². The highest BCUT2D eigenvalue weighted by atomic mass is 32.2. The Labute approximate surface area is 121 Å². The van der Waals surface area contributed by atoms with Gasteiger partial charge in [0.15, 0.2) is 5.17 Å². The molecule has 2 rings (SSSR count). The third-order valence-corrected chi connectivity index (χ3v) is 4.53. The first-order chi connectivity index (χ1) is 9.15. The van der Waals surface area contributed by atoms with E-state index in [0.717, 1.165) is 23.8 Å². The number of nitrogens with zero attached hydrogens (tertiary/aromatic N) is 1. The maximum absolute atomic E-state index is 4.75. The first kappa shape index (κ1) is 14.4. The zero-order chi connectivity index (χ0) is 13.7. The minimum absolute atomic E-state index is 0.484. The molecule has 3 heteroatoms. The molecule has 2 nitrogen and oxygen atoms in total. The summed E-state index contributed by atoms with van der Waals surface area (Å²) in [7, 11) is 0. The lowest BCUT2D eigenvalue weighted by Gasteiger charge is -2.14. The molecule has 2 unspecified atom stereocenters. The van der Waals surface area contributed by atoms with Crippen LogP contribution < -0.4 is 5.32 Å². The number of benzene rings is 1. The second-order valence-corrected chi connectivity index (χ2v) is 6.63. The van der Waals surface area contributed by atoms with Crippen LogP contribution in [0.2, 0.25) is 0 Å². The molecule has 19 heavy (non-hydrogen) atoms. The van der Waals surface area contributed by atoms with E-state index in [2.05, 4.69) is 56.4 Å². The van der Waals surface area contributed by atoms with E-state index in [-0.39, 0.29) is 0 Å². The quantitative estimate of drug-likeness (QED) is 0.886. The van der Waals surface area contributed by atoms with E-state index in [4.69, 9.17) is 4.99 Å². The first-order valence-electron chi connectivity index (χ1n) is 7.16. The first-order valence-corrected chi connectivity index (χ1v) is 8.14. The van der Waals surface area contributed by atoms with E-state index >= 15 is 0 Å². The third-order valence-electron chi connectivity index (χ3n) is 3.52. The van der Waals surface area contributed by atoms with Crippen LogP contribution in [-0.2, 0) is 6.42 Å². The molecule has 1 aromatic rings. The van der Waals surface area contributed by atoms with Crippen LogP contribution in [0.4, 0.5) is 0 Å². The van der Waals surface area contributed by atoms with E-state index in [1.54, 1.807) is 0 Å². The molecule has 1 heterocycles. The SMILES string of the molecule is CC(CCc1ccccc1)NC1=NC(C(C)C)CS1. The van der Waals surface area contributed by atoms with Gasteiger partial charge < -0.3 is 5.32 Å². The van der Waals surface area contributed by atoms with Gasteiger partial charge in [-0.3, -0.25) is 4.99 Å². The highest BCUT2D eigenvalue weighted by molar-refractivity contribution is 8.14. The molecule has 0 spiro atoms. The summed E-state index contributed by atoms with van der Waals surface area (Å²) < 4.78 is 0. The Kier molecular flexibility index (Phi) is 5.32. The average molecular weight is 276 g/mol. The summed E-state index contributed by atoms with van der Waals surface area (Å²) in [6, 6.07) is 11.7. The molecule has 0 fully saturated rings. The van der Waals surface area contributed by atoms with Crippen LogP contribution in [0.5, 0.6) is 0 Å². The van der Waals surface area contributed by atoms with E-state index in [1.807, 2.05) is 11.8 Å². The Balaban J connectivity index is 1.76. The van der Waals surface area contributed by atoms with Crippen molar-refractivity contribution in [2.75, 3.05) is 5.75 Å². The molecule has 0 amide bonds. The number of hydrogen-bond donors (Lipinski definition) is 1. The van der Waals surface area contributed by atoms with Gasteiger partial charge in [0.1, 0.15) is 0 Å². The fraction of sp³-hybridized carbons (Fsp3) is 0.562. The van der Waals surface area contributed by atoms with Gasteiger partial charge >= 0.3 is 0 Å². The van der Waals surface area contributed by atoms with E-state index in [1.165, 1.54) is 5.56 Å². The molecule has 1 aliphatic rings. The molecule has 0 aromatic heterocycles. The van der Waals surface area contributed by atoms with E-state index in [9.17, 15) is 0 Å². The van der Waals surface area contributed by atoms with Crippen molar-refractivity contribution in [3.8, 4) is 0 Å². The number of aryl methyl sites for hydroxylation is 1. The van der Waals surface area contributed by atoms with Crippen LogP contribution in [-0.4, -0.2) is 23.0 Å². The average Bonchev–Trinajstić information content (AvgIpc) is 2.86. The molecule has 0 saturated carbocycles. The third kappa shape index (κ3) is 4.57. The smallest absolute Gasteiger partial charge is 0.157 e. The van der Waals surface area contributed by atoms with Gasteiger partial charge in [-0.2, -0.15) is 0 Å². The van der Waals surface area contributed by atoms with Gasteiger partial charge in [0.25, 0.3) is 0 Å². The highest BCUT2D eigenvalue weighted by Gasteiger charge is 2.21. The zero-order valence-corrected chi connectivity index (χ0v) is 12.9. The molecular weight excluding hydrogens is 252 g/mol. The maximum atomic E-state index is 4.75. The Morgan fingerprint density at radius 1 is 1.26 bits per heavy atom. The van der Waals surface area contributed by atoms with Crippen molar-refractivity contribution in [1.29, 1.82) is 0 Å². The molecule has 2 atom stereocenters. The minimum atomic E-state index is 0.484. The Hall–Kier alpha value is -0.960. The molecule has 1 aliphatic heterocycles. The van der Waals surface area contributed by atoms with E-state index in [0.29, 0.717) is 18.0 Å². The lowest BCUT2D eigenvalue weighted by Crippen LogP contribution is -2.30. The van der Waals surface area contributed by atoms with Gasteiger partial charge in [0.2, 0.25) is 0 Å². The molecule has 104 valence electrons. The predicted molar refractivity (Wildman–Crippen MR) is 85.9 cm³/mol. The van der Waals surface area contributed by atoms with Crippen molar-refractivity contribution in [3.63, 3.8) is 0 Å². The standard InChI is InChI=1S/C16H24N2S/c1-12(2)15-11-19-16(18-15)17-13(3)9-10-14-7-5-4-6-8-14/h4-8,12-13,15H,9-11H2,1-3H3,(H,17,18). The molecule has 0 aliphatic carbocycles. The summed E-state index contributed by atoms with van der Waals surface area (Å²) in [5.41, 5.74) is 1.41. The van der Waals surface area contributed by atoms with Gasteiger partial charge in [-0.15, -0.1) is 0 Å². The van der Waals surface area contributed by atoms with Crippen LogP contribution >= 0.6 is 11.8 Å². The summed E-state index contributed by atoms with van der Waals surface area (Å²) in [6.45, 7) is 6.74. The lowest BCUT2D eigenvalue weighted by atomic mass is 10.1. The summed E-state index contributed by atoms with van der Waals surface area (Å²) in [5, 5.41) is 4.69. The number of rotatable bonds is 5. The predicted octanol–water partition coefficient (Wildman–Crippen LogP) is 3.72. The van der Waals surface area contributed by atoms with Crippen LogP contribution in [0.25, 0.3) is 0 Å². The van der Waals surface area contributed by atoms with Gasteiger partial charge in [-0.25, -0.2) is 0 Å². The van der Waals surface area contributed by atoms with Crippen molar-refractivity contribution in [2.45, 2.75) is 45.7 Å². The highest BCUT2D eigenvalue weighted by Crippen LogP contribution is 2.22. The molecule has 0 radical (unpaired) electrons. The maximum Gasteiger partial charge on any atom is 0.157 e. The van der Waals surface area contributed by atoms with Crippen LogP contribution in [0.1, 0.15) is 32.8 Å². The summed E-state index contributed by atoms with van der Waals surface area (Å²) in [5.74, 6) is 1.78. The van der Waals surface area contributed by atoms with Crippen LogP contribution in [0.15, 0.2) is 35.3 Å². The normalized spacial score (nSPS) is 20.4. The summed E-state index contributed by atoms with van der Waals surface area (Å²) >= 11 is 1.87. The largest absolute Gasteiger partial charge is 0.362 e. The van der Waals surface area contributed by atoms with Crippen LogP contribution in [0.3, 0.4) is 0 Å². The van der Waals surface area contributed by atoms with E-state index < -0.39 is 0 Å². The van der Waals surface area contributed by atoms with Gasteiger partial charge in [0.05, 0.1) is 6.04 Å². The summed E-state index contributed by atoms with van der Waals surface area (Å²) in [6.07, 6.45) is 2.27. The molecule has 1 aromatic carbocycles. The van der Waals surface area contributed by atoms with Crippen molar-refractivity contribution >= 4 is 16.9 Å². The lowest BCUT2D eigenvalue weighted by molar-refractivity contribution is 0.539. The fourth-order valence-electron chi connectivity index (χ4n) is 2.12. The van der Waals surface area contributed by atoms with Crippen molar-refractivity contribution in [1.82, 2.24) is 5.32 Å². The van der Waals surface area contributed by atoms with Crippen molar-refractivity contribution in [2.24, 2.45) is 10.9 Å². The minimum Gasteiger partial charge on any atom is -0.362 e. The number of nitrogens with one attached hydrogen (secondary N) is 1. The van der Waals surface area contributed by atoms with Gasteiger partial charge in [-0.1, -0.05) is 55.9 Å². The number of thioether (sulfide) groups is 1. The number of aliphatic imine (C=N–C) groups is 1. The molecule has 1 N–H and O–H groups in total. The Morgan fingerprint density at radius 3 is 2.63 bits per heavy atom. The molecular formula is C16H24N2S. The van der Waals surface area contributed by atoms with Crippen molar-refractivity contribution in [3.05, 3.63) is 35.9 Å². The monoisotopic (exact) mass is 276 g/mol. The van der Waals surface area contributed by atoms with Gasteiger partial charge in [0, 0.05) is 11.8 Å². The zero-order valence-electron chi connectivity index (χ0n) is 12.1. The number of amidine groups is 1.